The van der Waals surface area contributed by atoms with Gasteiger partial charge in [-0.3, -0.25) is 4.79 Å². The summed E-state index contributed by atoms with van der Waals surface area (Å²) in [5.74, 6) is 0.432. The van der Waals surface area contributed by atoms with Gasteiger partial charge in [-0.15, -0.1) is 0 Å². The number of carbonyl (C=O) groups is 2. The Morgan fingerprint density at radius 3 is 2.50 bits per heavy atom. The molecule has 2 bridgehead atoms. The van der Waals surface area contributed by atoms with Crippen molar-refractivity contribution in [3.63, 3.8) is 0 Å². The summed E-state index contributed by atoms with van der Waals surface area (Å²) in [6, 6.07) is 14.3. The Morgan fingerprint density at radius 1 is 1.05 bits per heavy atom. The van der Waals surface area contributed by atoms with Gasteiger partial charge < -0.3 is 35.0 Å². The molecule has 2 aromatic carbocycles. The number of amides is 2. The summed E-state index contributed by atoms with van der Waals surface area (Å²) in [6.45, 7) is 7.48. The summed E-state index contributed by atoms with van der Waals surface area (Å²) in [7, 11) is 1.74. The molecule has 3 atom stereocenters. The van der Waals surface area contributed by atoms with Crippen LogP contribution in [0, 0.1) is 23.6 Å². The van der Waals surface area contributed by atoms with E-state index in [1.54, 1.807) is 29.2 Å². The number of anilines is 1. The number of ether oxygens (including phenoxy) is 1. The minimum Gasteiger partial charge on any atom is -0.453 e. The number of nitrogens with zero attached hydrogens (tertiary/aromatic N) is 4. The van der Waals surface area contributed by atoms with Crippen LogP contribution in [0.15, 0.2) is 77.2 Å². The zero-order valence-corrected chi connectivity index (χ0v) is 34.0. The summed E-state index contributed by atoms with van der Waals surface area (Å²) >= 11 is 0. The van der Waals surface area contributed by atoms with Gasteiger partial charge in [0, 0.05) is 80.9 Å². The highest BCUT2D eigenvalue weighted by molar-refractivity contribution is 7.92. The lowest BCUT2D eigenvalue weighted by molar-refractivity contribution is -0.129. The summed E-state index contributed by atoms with van der Waals surface area (Å²) in [6.07, 6.45) is 11.3. The molecule has 0 unspecified atom stereocenters. The number of likely N-dealkylation sites (tertiary alicyclic amines) is 2. The van der Waals surface area contributed by atoms with Gasteiger partial charge in [0.05, 0.1) is 12.0 Å². The summed E-state index contributed by atoms with van der Waals surface area (Å²) in [5.41, 5.74) is 3.01. The lowest BCUT2D eigenvalue weighted by Crippen LogP contribution is -2.58. The van der Waals surface area contributed by atoms with Crippen LogP contribution in [0.2, 0.25) is 0 Å². The second-order valence-corrected chi connectivity index (χ2v) is 19.1. The third kappa shape index (κ3) is 8.71. The number of alkyl carbamates (subject to hydrolysis) is 1. The van der Waals surface area contributed by atoms with Gasteiger partial charge in [-0.2, -0.15) is 0 Å². The van der Waals surface area contributed by atoms with Crippen molar-refractivity contribution in [2.45, 2.75) is 60.1 Å². The van der Waals surface area contributed by atoms with Crippen LogP contribution >= 0.6 is 0 Å². The largest absolute Gasteiger partial charge is 0.453 e. The number of hydrogen-bond acceptors (Lipinski definition) is 9. The van der Waals surface area contributed by atoms with E-state index in [0.717, 1.165) is 95.6 Å². The highest BCUT2D eigenvalue weighted by atomic mass is 32.2. The Morgan fingerprint density at radius 2 is 1.80 bits per heavy atom. The molecule has 7 rings (SSSR count). The van der Waals surface area contributed by atoms with E-state index in [2.05, 4.69) is 32.6 Å². The van der Waals surface area contributed by atoms with E-state index >= 15 is 4.39 Å². The Balaban J connectivity index is 0.956. The number of benzene rings is 2. The number of carbonyl (C=O) groups excluding carboxylic acids is 2. The predicted molar refractivity (Wildman–Crippen MR) is 217 cm³/mol. The number of piperidine rings is 1. The molecular formula is C43H59FN6O5S. The van der Waals surface area contributed by atoms with Gasteiger partial charge in [-0.1, -0.05) is 29.9 Å². The second-order valence-electron chi connectivity index (χ2n) is 16.9. The van der Waals surface area contributed by atoms with Crippen LogP contribution in [-0.4, -0.2) is 133 Å². The lowest BCUT2D eigenvalue weighted by atomic mass is 9.58. The van der Waals surface area contributed by atoms with Crippen molar-refractivity contribution in [3.05, 3.63) is 83.7 Å². The van der Waals surface area contributed by atoms with Crippen LogP contribution in [0.5, 0.6) is 0 Å². The Kier molecular flexibility index (Phi) is 12.5. The lowest BCUT2D eigenvalue weighted by Gasteiger charge is -2.51. The van der Waals surface area contributed by atoms with Crippen molar-refractivity contribution in [2.75, 3.05) is 91.6 Å². The number of rotatable bonds is 11. The van der Waals surface area contributed by atoms with E-state index in [4.69, 9.17) is 4.74 Å². The second kappa shape index (κ2) is 17.4. The Hall–Kier alpha value is -3.78. The molecule has 0 spiro atoms. The third-order valence-electron chi connectivity index (χ3n) is 12.9. The van der Waals surface area contributed by atoms with Gasteiger partial charge in [0.1, 0.15) is 11.1 Å². The van der Waals surface area contributed by atoms with Gasteiger partial charge in [0.2, 0.25) is 5.91 Å². The molecule has 3 saturated heterocycles. The first kappa shape index (κ1) is 40.4. The van der Waals surface area contributed by atoms with Crippen molar-refractivity contribution in [3.8, 4) is 0 Å². The number of fused-ring (bicyclic) bond motifs is 1. The molecule has 2 amide bonds. The van der Waals surface area contributed by atoms with Crippen molar-refractivity contribution in [1.82, 2.24) is 25.3 Å². The number of hydrogen-bond donors (Lipinski definition) is 2. The molecule has 4 aliphatic heterocycles. The molecule has 304 valence electrons. The standard InChI is InChI=1S/C43H59FN6O5S/c1-47(2)19-7-11-41(51)50-28-38(29-50)56(53,54)37-14-12-36(13-15-37)49-26-32(27-49)25-48-20-16-33(17-21-48)43(34-9-6-10-35(44)24-34)30-45-18-5-4-8-31-22-39(43)40(23-31)46-42(52)55-3/h6-7,9-15,22,24,32-33,38-40,45H,4-5,8,16-21,23,25-30H2,1-3H3,(H,46,52)/b11-7+/t39-,40-,43-/m0/s1. The maximum atomic E-state index is 15.0. The molecule has 5 aliphatic rings. The molecule has 0 saturated carbocycles. The number of halogens is 1. The quantitative estimate of drug-likeness (QED) is 0.252. The van der Waals surface area contributed by atoms with Crippen LogP contribution in [0.1, 0.15) is 44.1 Å². The smallest absolute Gasteiger partial charge is 0.407 e. The van der Waals surface area contributed by atoms with Gasteiger partial charge >= 0.3 is 6.09 Å². The number of likely N-dealkylation sites (N-methyl/N-ethyl adjacent to an activating group) is 1. The van der Waals surface area contributed by atoms with Crippen LogP contribution in [-0.2, 0) is 24.8 Å². The van der Waals surface area contributed by atoms with Crippen molar-refractivity contribution in [2.24, 2.45) is 17.8 Å². The van der Waals surface area contributed by atoms with Crippen LogP contribution < -0.4 is 15.5 Å². The van der Waals surface area contributed by atoms with E-state index in [1.807, 2.05) is 37.2 Å². The SMILES string of the molecule is COC(=O)N[C@H]1CC2=C[C@@H]1[C@](c1cccc(F)c1)(C1CCN(CC3CN(c4ccc(S(=O)(=O)C5CN(C(=O)/C=C/CN(C)C)C5)cc4)C3)CC1)CNCCCC2. The van der Waals surface area contributed by atoms with Crippen LogP contribution in [0.3, 0.4) is 0 Å². The van der Waals surface area contributed by atoms with Gasteiger partial charge in [-0.05, 0) is 120 Å². The summed E-state index contributed by atoms with van der Waals surface area (Å²) in [4.78, 5) is 33.7. The van der Waals surface area contributed by atoms with E-state index in [-0.39, 0.29) is 42.7 Å². The minimum atomic E-state index is -3.52. The van der Waals surface area contributed by atoms with E-state index in [1.165, 1.54) is 24.8 Å². The van der Waals surface area contributed by atoms with Crippen LogP contribution in [0.25, 0.3) is 0 Å². The topological polar surface area (TPSA) is 115 Å². The first-order valence-electron chi connectivity index (χ1n) is 20.4. The average Bonchev–Trinajstić information content (AvgIpc) is 3.53. The van der Waals surface area contributed by atoms with Crippen molar-refractivity contribution >= 4 is 27.5 Å². The maximum absolute atomic E-state index is 15.0. The molecule has 1 aliphatic carbocycles. The number of sulfone groups is 1. The summed E-state index contributed by atoms with van der Waals surface area (Å²) < 4.78 is 46.7. The monoisotopic (exact) mass is 790 g/mol. The molecule has 0 radical (unpaired) electrons. The highest BCUT2D eigenvalue weighted by Gasteiger charge is 2.52. The fraction of sp³-hybridized carbons (Fsp3) is 0.581. The molecule has 56 heavy (non-hydrogen) atoms. The predicted octanol–water partition coefficient (Wildman–Crippen LogP) is 4.46. The van der Waals surface area contributed by atoms with E-state index < -0.39 is 26.6 Å². The molecule has 11 nitrogen and oxygen atoms in total. The fourth-order valence-corrected chi connectivity index (χ4v) is 11.5. The molecule has 3 fully saturated rings. The minimum absolute atomic E-state index is 0.00945. The number of nitrogens with one attached hydrogen (secondary N) is 2. The fourth-order valence-electron chi connectivity index (χ4n) is 9.85. The van der Waals surface area contributed by atoms with Crippen molar-refractivity contribution < 1.29 is 27.1 Å². The normalized spacial score (nSPS) is 25.8. The molecule has 2 aromatic rings. The zero-order valence-electron chi connectivity index (χ0n) is 33.2. The molecule has 4 heterocycles. The van der Waals surface area contributed by atoms with Crippen LogP contribution in [0.4, 0.5) is 14.9 Å². The Labute approximate surface area is 332 Å². The average molecular weight is 791 g/mol. The highest BCUT2D eigenvalue weighted by Crippen LogP contribution is 2.50. The van der Waals surface area contributed by atoms with E-state index in [0.29, 0.717) is 17.4 Å². The Bertz CT molecular complexity index is 1870. The molecule has 0 aromatic heterocycles. The molecular weight excluding hydrogens is 732 g/mol. The third-order valence-corrected chi connectivity index (χ3v) is 15.0. The first-order chi connectivity index (χ1) is 27.0. The number of methoxy groups -OCH3 is 1. The molecule has 2 N–H and O–H groups in total. The maximum Gasteiger partial charge on any atom is 0.407 e. The molecule has 13 heteroatoms. The zero-order chi connectivity index (χ0) is 39.5. The van der Waals surface area contributed by atoms with Gasteiger partial charge in [0.25, 0.3) is 0 Å². The summed E-state index contributed by atoms with van der Waals surface area (Å²) in [5, 5.41) is 6.39. The van der Waals surface area contributed by atoms with E-state index in [9.17, 15) is 18.0 Å². The first-order valence-corrected chi connectivity index (χ1v) is 21.9. The van der Waals surface area contributed by atoms with Gasteiger partial charge in [-0.25, -0.2) is 17.6 Å². The van der Waals surface area contributed by atoms with Crippen molar-refractivity contribution in [1.29, 1.82) is 0 Å². The van der Waals surface area contributed by atoms with Gasteiger partial charge in [0.15, 0.2) is 9.84 Å².